The quantitative estimate of drug-likeness (QED) is 0.446. The largest absolute Gasteiger partial charge is 0.497 e. The molecule has 0 aliphatic carbocycles. The first kappa shape index (κ1) is 18.5. The molecular formula is C22H22N2O3S. The van der Waals surface area contributed by atoms with E-state index in [0.717, 1.165) is 37.6 Å². The van der Waals surface area contributed by atoms with Gasteiger partial charge in [0.1, 0.15) is 11.3 Å². The number of nitrogens with zero attached hydrogens (tertiary/aromatic N) is 2. The first-order chi connectivity index (χ1) is 13.5. The number of benzene rings is 2. The summed E-state index contributed by atoms with van der Waals surface area (Å²) in [4.78, 5) is 19.7. The van der Waals surface area contributed by atoms with Gasteiger partial charge in [0.15, 0.2) is 5.13 Å². The van der Waals surface area contributed by atoms with Gasteiger partial charge >= 0.3 is 0 Å². The maximum absolute atomic E-state index is 13.2. The Labute approximate surface area is 167 Å². The van der Waals surface area contributed by atoms with Gasteiger partial charge in [-0.05, 0) is 30.2 Å². The van der Waals surface area contributed by atoms with Crippen LogP contribution >= 0.6 is 11.3 Å². The minimum absolute atomic E-state index is 0.0197. The van der Waals surface area contributed by atoms with Crippen molar-refractivity contribution in [2.24, 2.45) is 5.92 Å². The molecular weight excluding hydrogens is 372 g/mol. The molecule has 0 aliphatic rings. The van der Waals surface area contributed by atoms with Crippen molar-refractivity contribution < 1.29 is 13.9 Å². The average Bonchev–Trinajstić information content (AvgIpc) is 3.29. The summed E-state index contributed by atoms with van der Waals surface area (Å²) in [7, 11) is 1.62. The fourth-order valence-corrected chi connectivity index (χ4v) is 4.21. The number of anilines is 1. The Morgan fingerprint density at radius 2 is 2.07 bits per heavy atom. The third-order valence-corrected chi connectivity index (χ3v) is 5.63. The van der Waals surface area contributed by atoms with Crippen LogP contribution in [0.2, 0.25) is 0 Å². The van der Waals surface area contributed by atoms with E-state index in [4.69, 9.17) is 9.15 Å². The molecule has 0 spiro atoms. The van der Waals surface area contributed by atoms with Gasteiger partial charge < -0.3 is 9.15 Å². The number of carbonyl (C=O) groups excluding carboxylic acids is 1. The van der Waals surface area contributed by atoms with Crippen LogP contribution in [-0.4, -0.2) is 24.5 Å². The van der Waals surface area contributed by atoms with Crippen LogP contribution in [0.25, 0.3) is 21.2 Å². The highest BCUT2D eigenvalue weighted by molar-refractivity contribution is 7.22. The molecule has 4 aromatic rings. The zero-order valence-corrected chi connectivity index (χ0v) is 17.0. The summed E-state index contributed by atoms with van der Waals surface area (Å²) in [5.74, 6) is 1.09. The molecule has 2 heterocycles. The molecule has 0 radical (unpaired) electrons. The van der Waals surface area contributed by atoms with E-state index in [9.17, 15) is 4.79 Å². The third-order valence-electron chi connectivity index (χ3n) is 4.57. The van der Waals surface area contributed by atoms with Gasteiger partial charge in [-0.2, -0.15) is 0 Å². The number of amides is 1. The van der Waals surface area contributed by atoms with Crippen molar-refractivity contribution in [3.63, 3.8) is 0 Å². The predicted octanol–water partition coefficient (Wildman–Crippen LogP) is 5.28. The predicted molar refractivity (Wildman–Crippen MR) is 113 cm³/mol. The van der Waals surface area contributed by atoms with Crippen LogP contribution in [0.15, 0.2) is 53.1 Å². The van der Waals surface area contributed by atoms with Crippen LogP contribution in [0.4, 0.5) is 5.13 Å². The molecule has 144 valence electrons. The van der Waals surface area contributed by atoms with E-state index in [2.05, 4.69) is 18.8 Å². The van der Waals surface area contributed by atoms with Gasteiger partial charge in [-0.15, -0.1) is 0 Å². The number of carbonyl (C=O) groups is 1. The molecule has 2 aromatic carbocycles. The van der Waals surface area contributed by atoms with Gasteiger partial charge in [-0.25, -0.2) is 4.98 Å². The topological polar surface area (TPSA) is 55.6 Å². The minimum Gasteiger partial charge on any atom is -0.497 e. The lowest BCUT2D eigenvalue weighted by Gasteiger charge is -2.21. The molecule has 0 fully saturated rings. The number of thiazole rings is 1. The summed E-state index contributed by atoms with van der Waals surface area (Å²) in [6, 6.07) is 13.6. The van der Waals surface area contributed by atoms with Crippen LogP contribution in [0.3, 0.4) is 0 Å². The first-order valence-electron chi connectivity index (χ1n) is 9.25. The molecule has 0 atom stereocenters. The van der Waals surface area contributed by atoms with Crippen molar-refractivity contribution in [2.75, 3.05) is 18.6 Å². The number of rotatable bonds is 6. The first-order valence-corrected chi connectivity index (χ1v) is 10.1. The highest BCUT2D eigenvalue weighted by Gasteiger charge is 2.22. The molecule has 1 amide bonds. The van der Waals surface area contributed by atoms with Gasteiger partial charge in [0.05, 0.1) is 30.0 Å². The van der Waals surface area contributed by atoms with E-state index in [-0.39, 0.29) is 12.3 Å². The number of methoxy groups -OCH3 is 1. The molecule has 0 N–H and O–H groups in total. The number of para-hydroxylation sites is 1. The van der Waals surface area contributed by atoms with Crippen molar-refractivity contribution in [1.29, 1.82) is 0 Å². The zero-order valence-electron chi connectivity index (χ0n) is 16.1. The highest BCUT2D eigenvalue weighted by atomic mass is 32.1. The van der Waals surface area contributed by atoms with Crippen molar-refractivity contribution >= 4 is 43.6 Å². The Morgan fingerprint density at radius 3 is 2.82 bits per heavy atom. The second kappa shape index (κ2) is 7.64. The van der Waals surface area contributed by atoms with Crippen LogP contribution in [0, 0.1) is 5.92 Å². The van der Waals surface area contributed by atoms with Gasteiger partial charge in [0, 0.05) is 23.6 Å². The maximum Gasteiger partial charge on any atom is 0.233 e. The van der Waals surface area contributed by atoms with Gasteiger partial charge in [-0.3, -0.25) is 9.69 Å². The molecule has 2 aromatic heterocycles. The molecule has 5 nitrogen and oxygen atoms in total. The molecule has 28 heavy (non-hydrogen) atoms. The standard InChI is InChI=1S/C22H22N2O3S/c1-14(2)12-24(22-23-18-6-4-5-7-20(18)28-22)21(25)10-15-13-27-19-11-16(26-3)8-9-17(15)19/h4-9,11,13-14H,10,12H2,1-3H3. The SMILES string of the molecule is COc1ccc2c(CC(=O)N(CC(C)C)c3nc4ccccc4s3)coc2c1. The molecule has 0 unspecified atom stereocenters. The van der Waals surface area contributed by atoms with Crippen LogP contribution in [-0.2, 0) is 11.2 Å². The fourth-order valence-electron chi connectivity index (χ4n) is 3.21. The second-order valence-electron chi connectivity index (χ2n) is 7.16. The molecule has 0 saturated carbocycles. The number of aromatic nitrogens is 1. The van der Waals surface area contributed by atoms with Gasteiger partial charge in [-0.1, -0.05) is 37.3 Å². The maximum atomic E-state index is 13.2. The monoisotopic (exact) mass is 394 g/mol. The number of ether oxygens (including phenoxy) is 1. The number of hydrogen-bond acceptors (Lipinski definition) is 5. The van der Waals surface area contributed by atoms with Crippen molar-refractivity contribution in [2.45, 2.75) is 20.3 Å². The van der Waals surface area contributed by atoms with E-state index in [0.29, 0.717) is 12.5 Å². The van der Waals surface area contributed by atoms with E-state index in [1.807, 2.05) is 42.5 Å². The van der Waals surface area contributed by atoms with Gasteiger partial charge in [0.25, 0.3) is 0 Å². The zero-order chi connectivity index (χ0) is 19.7. The van der Waals surface area contributed by atoms with Crippen molar-refractivity contribution in [3.05, 3.63) is 54.3 Å². The lowest BCUT2D eigenvalue weighted by molar-refractivity contribution is -0.118. The Bertz CT molecular complexity index is 1100. The highest BCUT2D eigenvalue weighted by Crippen LogP contribution is 2.31. The van der Waals surface area contributed by atoms with E-state index in [1.165, 1.54) is 0 Å². The average molecular weight is 394 g/mol. The summed E-state index contributed by atoms with van der Waals surface area (Å²) in [5, 5.41) is 1.68. The Kier molecular flexibility index (Phi) is 5.05. The molecule has 0 bridgehead atoms. The normalized spacial score (nSPS) is 11.4. The summed E-state index contributed by atoms with van der Waals surface area (Å²) >= 11 is 1.55. The molecule has 0 aliphatic heterocycles. The minimum atomic E-state index is 0.0197. The number of fused-ring (bicyclic) bond motifs is 2. The van der Waals surface area contributed by atoms with Crippen molar-refractivity contribution in [3.8, 4) is 5.75 Å². The lowest BCUT2D eigenvalue weighted by atomic mass is 10.1. The Balaban J connectivity index is 1.64. The Hall–Kier alpha value is -2.86. The van der Waals surface area contributed by atoms with Crippen molar-refractivity contribution in [1.82, 2.24) is 4.98 Å². The third kappa shape index (κ3) is 3.60. The molecule has 6 heteroatoms. The van der Waals surface area contributed by atoms with E-state index < -0.39 is 0 Å². The van der Waals surface area contributed by atoms with Gasteiger partial charge in [0.2, 0.25) is 5.91 Å². The van der Waals surface area contributed by atoms with Crippen LogP contribution in [0.1, 0.15) is 19.4 Å². The number of hydrogen-bond donors (Lipinski definition) is 0. The fraction of sp³-hybridized carbons (Fsp3) is 0.273. The molecule has 4 rings (SSSR count). The van der Waals surface area contributed by atoms with Crippen LogP contribution in [0.5, 0.6) is 5.75 Å². The van der Waals surface area contributed by atoms with E-state index in [1.54, 1.807) is 29.6 Å². The summed E-state index contributed by atoms with van der Waals surface area (Å²) in [6.07, 6.45) is 1.93. The smallest absolute Gasteiger partial charge is 0.233 e. The summed E-state index contributed by atoms with van der Waals surface area (Å²) in [5.41, 5.74) is 2.51. The molecule has 0 saturated heterocycles. The summed E-state index contributed by atoms with van der Waals surface area (Å²) < 4.78 is 12.0. The lowest BCUT2D eigenvalue weighted by Crippen LogP contribution is -2.35. The number of furan rings is 1. The Morgan fingerprint density at radius 1 is 1.25 bits per heavy atom. The summed E-state index contributed by atoms with van der Waals surface area (Å²) in [6.45, 7) is 4.84. The van der Waals surface area contributed by atoms with E-state index >= 15 is 0 Å². The van der Waals surface area contributed by atoms with Crippen LogP contribution < -0.4 is 9.64 Å². The second-order valence-corrected chi connectivity index (χ2v) is 8.17.